The Kier molecular flexibility index (Phi) is 18.5. The number of amides is 1. The molecule has 1 saturated heterocycles. The summed E-state index contributed by atoms with van der Waals surface area (Å²) in [5.74, 6) is 0.525. The van der Waals surface area contributed by atoms with Gasteiger partial charge >= 0.3 is 11.4 Å². The number of aromatic amines is 1. The summed E-state index contributed by atoms with van der Waals surface area (Å²) in [7, 11) is 0. The number of nitrogens with zero attached hydrogens (tertiary/aromatic N) is 3. The number of aliphatic hydroxyl groups is 1. The first-order valence-electron chi connectivity index (χ1n) is 19.9. The standard InChI is InChI=1S/C40H61N7O6S/c1-4-33-37(50)44-40(52)47(38(33)54-32-26-29(2)25-30(3)27-32)23-16-13-17-35(49)41-21-14-11-9-7-5-6-8-10-12-15-22-42-45-34-20-24-46(39(51)43-34)36-19-18-31(28-48)53-36/h20,24-27,31,36,42,48H,4-19,21-23,28H2,1-3H3,(H,41,49)(H,43,45,51)(H,44,50,52)/t31-,36+/m0/s1. The van der Waals surface area contributed by atoms with Gasteiger partial charge in [-0.25, -0.2) is 15.0 Å². The molecule has 1 amide bonds. The summed E-state index contributed by atoms with van der Waals surface area (Å²) in [5.41, 5.74) is 7.91. The summed E-state index contributed by atoms with van der Waals surface area (Å²) >= 11 is 1.46. The van der Waals surface area contributed by atoms with Gasteiger partial charge in [0.15, 0.2) is 0 Å². The maximum Gasteiger partial charge on any atom is 0.351 e. The highest BCUT2D eigenvalue weighted by molar-refractivity contribution is 7.99. The lowest BCUT2D eigenvalue weighted by Crippen LogP contribution is -2.34. The minimum Gasteiger partial charge on any atom is -0.394 e. The number of carbonyl (C=O) groups excluding carboxylic acids is 1. The first kappa shape index (κ1) is 43.0. The quantitative estimate of drug-likeness (QED) is 0.0397. The van der Waals surface area contributed by atoms with Gasteiger partial charge in [-0.15, -0.1) is 0 Å². The number of hydrogen-bond donors (Lipinski definition) is 5. The number of nitrogens with one attached hydrogen (secondary N) is 4. The minimum absolute atomic E-state index is 0.0392. The monoisotopic (exact) mass is 767 g/mol. The summed E-state index contributed by atoms with van der Waals surface area (Å²) in [5, 5.41) is 13.0. The number of hydrogen-bond acceptors (Lipinski definition) is 10. The normalized spacial score (nSPS) is 15.5. The van der Waals surface area contributed by atoms with E-state index in [1.54, 1.807) is 16.8 Å². The van der Waals surface area contributed by atoms with Crippen molar-refractivity contribution >= 4 is 23.5 Å². The maximum absolute atomic E-state index is 12.8. The molecule has 3 heterocycles. The summed E-state index contributed by atoms with van der Waals surface area (Å²) in [6.45, 7) is 7.89. The largest absolute Gasteiger partial charge is 0.394 e. The third-order valence-corrected chi connectivity index (χ3v) is 10.9. The molecule has 2 aromatic heterocycles. The lowest BCUT2D eigenvalue weighted by atomic mass is 10.1. The zero-order valence-corrected chi connectivity index (χ0v) is 33.2. The Morgan fingerprint density at radius 2 is 1.59 bits per heavy atom. The Hall–Kier alpha value is -3.72. The zero-order valence-electron chi connectivity index (χ0n) is 32.4. The molecule has 0 saturated carbocycles. The van der Waals surface area contributed by atoms with Crippen LogP contribution in [0.3, 0.4) is 0 Å². The van der Waals surface area contributed by atoms with E-state index >= 15 is 0 Å². The molecule has 0 spiro atoms. The van der Waals surface area contributed by atoms with Gasteiger partial charge in [-0.1, -0.05) is 76.1 Å². The van der Waals surface area contributed by atoms with E-state index < -0.39 is 5.69 Å². The molecule has 1 aliphatic heterocycles. The van der Waals surface area contributed by atoms with Crippen molar-refractivity contribution in [1.82, 2.24) is 29.8 Å². The van der Waals surface area contributed by atoms with Crippen LogP contribution in [-0.2, 0) is 22.5 Å². The van der Waals surface area contributed by atoms with Crippen molar-refractivity contribution in [3.05, 3.63) is 78.5 Å². The van der Waals surface area contributed by atoms with E-state index in [-0.39, 0.29) is 36.1 Å². The number of H-pyrrole nitrogens is 1. The lowest BCUT2D eigenvalue weighted by Gasteiger charge is -2.16. The number of anilines is 1. The Morgan fingerprint density at radius 3 is 2.22 bits per heavy atom. The fraction of sp³-hybridized carbons (Fsp3) is 0.625. The first-order valence-corrected chi connectivity index (χ1v) is 20.7. The second kappa shape index (κ2) is 23.3. The van der Waals surface area contributed by atoms with E-state index in [4.69, 9.17) is 4.74 Å². The van der Waals surface area contributed by atoms with Crippen LogP contribution in [0.4, 0.5) is 5.82 Å². The lowest BCUT2D eigenvalue weighted by molar-refractivity contribution is -0.121. The number of benzene rings is 1. The maximum atomic E-state index is 12.8. The number of rotatable bonds is 25. The Bertz CT molecular complexity index is 1770. The summed E-state index contributed by atoms with van der Waals surface area (Å²) < 4.78 is 8.80. The number of aryl methyl sites for hydroxylation is 2. The molecule has 0 radical (unpaired) electrons. The van der Waals surface area contributed by atoms with E-state index in [9.17, 15) is 24.3 Å². The second-order valence-electron chi connectivity index (χ2n) is 14.3. The van der Waals surface area contributed by atoms with Crippen molar-refractivity contribution in [2.24, 2.45) is 0 Å². The molecule has 298 valence electrons. The van der Waals surface area contributed by atoms with Gasteiger partial charge in [0, 0.05) is 42.7 Å². The van der Waals surface area contributed by atoms with Crippen molar-refractivity contribution in [1.29, 1.82) is 0 Å². The molecule has 54 heavy (non-hydrogen) atoms. The highest BCUT2D eigenvalue weighted by Crippen LogP contribution is 2.31. The number of aromatic nitrogens is 4. The Balaban J connectivity index is 0.977. The predicted molar refractivity (Wildman–Crippen MR) is 214 cm³/mol. The number of hydrazine groups is 1. The molecule has 14 heteroatoms. The van der Waals surface area contributed by atoms with Crippen LogP contribution in [0.5, 0.6) is 0 Å². The number of aliphatic hydroxyl groups excluding tert-OH is 1. The molecule has 4 rings (SSSR count). The number of unbranched alkanes of at least 4 members (excludes halogenated alkanes) is 10. The van der Waals surface area contributed by atoms with Crippen LogP contribution in [0, 0.1) is 13.8 Å². The summed E-state index contributed by atoms with van der Waals surface area (Å²) in [6.07, 6.45) is 16.4. The molecule has 2 atom stereocenters. The van der Waals surface area contributed by atoms with E-state index in [1.165, 1.54) is 54.9 Å². The average Bonchev–Trinajstić information content (AvgIpc) is 3.61. The fourth-order valence-corrected chi connectivity index (χ4v) is 8.19. The van der Waals surface area contributed by atoms with Gasteiger partial charge in [-0.2, -0.15) is 4.98 Å². The fourth-order valence-electron chi connectivity index (χ4n) is 6.83. The van der Waals surface area contributed by atoms with Crippen LogP contribution in [0.25, 0.3) is 0 Å². The molecule has 13 nitrogen and oxygen atoms in total. The van der Waals surface area contributed by atoms with Gasteiger partial charge in [0.2, 0.25) is 5.91 Å². The zero-order chi connectivity index (χ0) is 38.7. The minimum atomic E-state index is -0.404. The van der Waals surface area contributed by atoms with Crippen LogP contribution < -0.4 is 33.1 Å². The smallest absolute Gasteiger partial charge is 0.351 e. The van der Waals surface area contributed by atoms with Crippen LogP contribution in [-0.4, -0.2) is 55.9 Å². The average molecular weight is 768 g/mol. The Labute approximate surface area is 323 Å². The second-order valence-corrected chi connectivity index (χ2v) is 15.4. The molecule has 0 aliphatic carbocycles. The number of ether oxygens (including phenoxy) is 1. The topological polar surface area (TPSA) is 172 Å². The van der Waals surface area contributed by atoms with Gasteiger partial charge in [-0.05, 0) is 88.1 Å². The Morgan fingerprint density at radius 1 is 0.926 bits per heavy atom. The molecule has 3 aromatic rings. The highest BCUT2D eigenvalue weighted by Gasteiger charge is 2.26. The van der Waals surface area contributed by atoms with Crippen LogP contribution >= 0.6 is 11.8 Å². The van der Waals surface area contributed by atoms with Crippen molar-refractivity contribution in [2.75, 3.05) is 25.1 Å². The van der Waals surface area contributed by atoms with E-state index in [0.29, 0.717) is 61.6 Å². The van der Waals surface area contributed by atoms with Crippen molar-refractivity contribution in [3.8, 4) is 0 Å². The van der Waals surface area contributed by atoms with Crippen molar-refractivity contribution in [2.45, 2.75) is 152 Å². The third kappa shape index (κ3) is 14.2. The van der Waals surface area contributed by atoms with E-state index in [0.717, 1.165) is 54.7 Å². The number of carbonyl (C=O) groups is 1. The van der Waals surface area contributed by atoms with E-state index in [1.807, 2.05) is 20.8 Å². The van der Waals surface area contributed by atoms with Gasteiger partial charge in [-0.3, -0.25) is 23.7 Å². The molecular weight excluding hydrogens is 707 g/mol. The highest BCUT2D eigenvalue weighted by atomic mass is 32.2. The van der Waals surface area contributed by atoms with Crippen LogP contribution in [0.15, 0.2) is 54.8 Å². The molecule has 1 aliphatic rings. The van der Waals surface area contributed by atoms with Crippen LogP contribution in [0.1, 0.15) is 126 Å². The summed E-state index contributed by atoms with van der Waals surface area (Å²) in [6, 6.07) is 7.98. The SMILES string of the molecule is CCc1c(Sc2cc(C)cc(C)c2)n(CCCCC(=O)NCCCCCCCCCCCCNNc2ccn([C@H]3CC[C@@H](CO)O3)c(=O)n2)c(=O)[nH]c1=O. The van der Waals surface area contributed by atoms with Crippen LogP contribution in [0.2, 0.25) is 0 Å². The molecule has 5 N–H and O–H groups in total. The van der Waals surface area contributed by atoms with Crippen molar-refractivity contribution in [3.63, 3.8) is 0 Å². The predicted octanol–water partition coefficient (Wildman–Crippen LogP) is 5.90. The van der Waals surface area contributed by atoms with Crippen molar-refractivity contribution < 1.29 is 14.6 Å². The van der Waals surface area contributed by atoms with Gasteiger partial charge in [0.05, 0.1) is 17.7 Å². The van der Waals surface area contributed by atoms with E-state index in [2.05, 4.69) is 44.3 Å². The summed E-state index contributed by atoms with van der Waals surface area (Å²) in [4.78, 5) is 57.8. The molecule has 0 bridgehead atoms. The van der Waals surface area contributed by atoms with Gasteiger partial charge < -0.3 is 20.6 Å². The molecule has 0 unspecified atom stereocenters. The molecule has 1 aromatic carbocycles. The van der Waals surface area contributed by atoms with Gasteiger partial charge in [0.1, 0.15) is 12.0 Å². The first-order chi connectivity index (χ1) is 26.2. The van der Waals surface area contributed by atoms with Gasteiger partial charge in [0.25, 0.3) is 5.56 Å². The molecular formula is C40H61N7O6S. The molecule has 1 fully saturated rings. The third-order valence-electron chi connectivity index (χ3n) is 9.74.